The van der Waals surface area contributed by atoms with Gasteiger partial charge >= 0.3 is 0 Å². The SMILES string of the molecule is COc1ccc(-c2[nH]c(=S)nc3c2c(C)nn3-c2ccccc2)cc1. The molecular formula is C19H16N4OS. The van der Waals surface area contributed by atoms with Gasteiger partial charge in [-0.15, -0.1) is 0 Å². The standard InChI is InChI=1S/C19H16N4OS/c1-12-16-17(13-8-10-15(24-2)11-9-13)20-19(25)21-18(16)23(22-12)14-6-4-3-5-7-14/h3-11H,1-2H3,(H,20,21,25). The first kappa shape index (κ1) is 15.5. The van der Waals surface area contributed by atoms with Crippen LogP contribution in [0.15, 0.2) is 54.6 Å². The van der Waals surface area contributed by atoms with Gasteiger partial charge in [0.1, 0.15) is 5.75 Å². The lowest BCUT2D eigenvalue weighted by Crippen LogP contribution is -1.98. The van der Waals surface area contributed by atoms with Gasteiger partial charge in [0, 0.05) is 0 Å². The second-order valence-corrected chi connectivity index (χ2v) is 6.06. The van der Waals surface area contributed by atoms with Crippen LogP contribution >= 0.6 is 12.2 Å². The van der Waals surface area contributed by atoms with E-state index in [1.54, 1.807) is 7.11 Å². The summed E-state index contributed by atoms with van der Waals surface area (Å²) in [6.07, 6.45) is 0. The highest BCUT2D eigenvalue weighted by atomic mass is 32.1. The summed E-state index contributed by atoms with van der Waals surface area (Å²) in [5.74, 6) is 0.810. The number of H-pyrrole nitrogens is 1. The summed E-state index contributed by atoms with van der Waals surface area (Å²) >= 11 is 5.36. The number of rotatable bonds is 3. The molecule has 0 bridgehead atoms. The largest absolute Gasteiger partial charge is 0.497 e. The molecule has 6 heteroatoms. The Balaban J connectivity index is 2.00. The second kappa shape index (κ2) is 6.14. The van der Waals surface area contributed by atoms with Crippen LogP contribution in [0.25, 0.3) is 28.0 Å². The monoisotopic (exact) mass is 348 g/mol. The Morgan fingerprint density at radius 3 is 2.44 bits per heavy atom. The molecule has 0 fully saturated rings. The number of ether oxygens (including phenoxy) is 1. The molecule has 2 aromatic carbocycles. The van der Waals surface area contributed by atoms with E-state index < -0.39 is 0 Å². The van der Waals surface area contributed by atoms with Crippen LogP contribution in [-0.2, 0) is 0 Å². The van der Waals surface area contributed by atoms with Gasteiger partial charge in [-0.05, 0) is 61.1 Å². The lowest BCUT2D eigenvalue weighted by molar-refractivity contribution is 0.415. The van der Waals surface area contributed by atoms with Crippen molar-refractivity contribution in [1.82, 2.24) is 19.7 Å². The average molecular weight is 348 g/mol. The maximum absolute atomic E-state index is 5.36. The first-order valence-corrected chi connectivity index (χ1v) is 8.27. The van der Waals surface area contributed by atoms with Crippen LogP contribution in [0.1, 0.15) is 5.69 Å². The molecule has 0 spiro atoms. The van der Waals surface area contributed by atoms with Crippen molar-refractivity contribution in [2.24, 2.45) is 0 Å². The summed E-state index contributed by atoms with van der Waals surface area (Å²) in [5.41, 5.74) is 4.52. The maximum Gasteiger partial charge on any atom is 0.199 e. The van der Waals surface area contributed by atoms with E-state index in [1.165, 1.54) is 0 Å². The summed E-state index contributed by atoms with van der Waals surface area (Å²) in [7, 11) is 1.65. The molecule has 0 aliphatic rings. The number of hydrogen-bond donors (Lipinski definition) is 1. The van der Waals surface area contributed by atoms with Gasteiger partial charge < -0.3 is 9.72 Å². The van der Waals surface area contributed by atoms with Crippen molar-refractivity contribution >= 4 is 23.3 Å². The number of aromatic amines is 1. The van der Waals surface area contributed by atoms with Crippen molar-refractivity contribution in [3.63, 3.8) is 0 Å². The van der Waals surface area contributed by atoms with Gasteiger partial charge in [0.25, 0.3) is 0 Å². The quantitative estimate of drug-likeness (QED) is 0.555. The molecule has 5 nitrogen and oxygen atoms in total. The minimum atomic E-state index is 0.426. The van der Waals surface area contributed by atoms with E-state index in [4.69, 9.17) is 17.0 Å². The summed E-state index contributed by atoms with van der Waals surface area (Å²) in [6.45, 7) is 1.98. The third-order valence-electron chi connectivity index (χ3n) is 4.10. The third kappa shape index (κ3) is 2.70. The number of aryl methyl sites for hydroxylation is 1. The van der Waals surface area contributed by atoms with Gasteiger partial charge in [-0.2, -0.15) is 10.1 Å². The highest BCUT2D eigenvalue weighted by Crippen LogP contribution is 2.30. The van der Waals surface area contributed by atoms with Gasteiger partial charge in [-0.1, -0.05) is 18.2 Å². The molecule has 2 aromatic heterocycles. The molecule has 0 radical (unpaired) electrons. The van der Waals surface area contributed by atoms with Crippen molar-refractivity contribution in [2.75, 3.05) is 7.11 Å². The highest BCUT2D eigenvalue weighted by molar-refractivity contribution is 7.71. The molecule has 124 valence electrons. The number of para-hydroxylation sites is 1. The summed E-state index contributed by atoms with van der Waals surface area (Å²) in [6, 6.07) is 17.8. The van der Waals surface area contributed by atoms with Crippen LogP contribution in [0, 0.1) is 11.7 Å². The lowest BCUT2D eigenvalue weighted by atomic mass is 10.1. The van der Waals surface area contributed by atoms with Gasteiger partial charge in [-0.25, -0.2) is 4.68 Å². The lowest BCUT2D eigenvalue weighted by Gasteiger charge is -2.07. The topological polar surface area (TPSA) is 55.7 Å². The normalized spacial score (nSPS) is 11.0. The molecular weight excluding hydrogens is 332 g/mol. The van der Waals surface area contributed by atoms with Gasteiger partial charge in [0.05, 0.1) is 29.6 Å². The minimum absolute atomic E-state index is 0.426. The molecule has 4 rings (SSSR count). The number of hydrogen-bond acceptors (Lipinski definition) is 4. The first-order chi connectivity index (χ1) is 12.2. The van der Waals surface area contributed by atoms with E-state index in [0.717, 1.165) is 39.4 Å². The zero-order valence-electron chi connectivity index (χ0n) is 13.9. The van der Waals surface area contributed by atoms with Crippen LogP contribution in [0.5, 0.6) is 5.75 Å². The average Bonchev–Trinajstić information content (AvgIpc) is 2.98. The number of benzene rings is 2. The molecule has 25 heavy (non-hydrogen) atoms. The third-order valence-corrected chi connectivity index (χ3v) is 4.30. The zero-order valence-corrected chi connectivity index (χ0v) is 14.7. The Bertz CT molecular complexity index is 1100. The van der Waals surface area contributed by atoms with Crippen molar-refractivity contribution in [3.05, 3.63) is 65.1 Å². The Labute approximate surface area is 149 Å². The smallest absolute Gasteiger partial charge is 0.199 e. The van der Waals surface area contributed by atoms with E-state index in [0.29, 0.717) is 4.77 Å². The van der Waals surface area contributed by atoms with Crippen molar-refractivity contribution in [2.45, 2.75) is 6.92 Å². The maximum atomic E-state index is 5.36. The number of nitrogens with one attached hydrogen (secondary N) is 1. The molecule has 0 unspecified atom stereocenters. The van der Waals surface area contributed by atoms with Gasteiger partial charge in [-0.3, -0.25) is 0 Å². The number of methoxy groups -OCH3 is 1. The Morgan fingerprint density at radius 1 is 1.04 bits per heavy atom. The molecule has 0 saturated heterocycles. The second-order valence-electron chi connectivity index (χ2n) is 5.68. The van der Waals surface area contributed by atoms with Crippen LogP contribution < -0.4 is 4.74 Å². The summed E-state index contributed by atoms with van der Waals surface area (Å²) in [5, 5.41) is 5.64. The molecule has 0 atom stereocenters. The van der Waals surface area contributed by atoms with Crippen molar-refractivity contribution in [1.29, 1.82) is 0 Å². The number of fused-ring (bicyclic) bond motifs is 1. The predicted molar refractivity (Wildman–Crippen MR) is 101 cm³/mol. The molecule has 0 aliphatic carbocycles. The molecule has 4 aromatic rings. The van der Waals surface area contributed by atoms with Crippen LogP contribution in [0.4, 0.5) is 0 Å². The molecule has 1 N–H and O–H groups in total. The van der Waals surface area contributed by atoms with E-state index in [2.05, 4.69) is 15.1 Å². The van der Waals surface area contributed by atoms with E-state index in [1.807, 2.05) is 66.2 Å². The molecule has 0 amide bonds. The highest BCUT2D eigenvalue weighted by Gasteiger charge is 2.16. The number of aromatic nitrogens is 4. The van der Waals surface area contributed by atoms with Crippen LogP contribution in [0.3, 0.4) is 0 Å². The van der Waals surface area contributed by atoms with Crippen molar-refractivity contribution in [3.8, 4) is 22.7 Å². The fourth-order valence-corrected chi connectivity index (χ4v) is 3.12. The first-order valence-electron chi connectivity index (χ1n) is 7.87. The zero-order chi connectivity index (χ0) is 17.4. The molecule has 0 saturated carbocycles. The van der Waals surface area contributed by atoms with Gasteiger partial charge in [0.2, 0.25) is 0 Å². The van der Waals surface area contributed by atoms with Gasteiger partial charge in [0.15, 0.2) is 10.4 Å². The summed E-state index contributed by atoms with van der Waals surface area (Å²) < 4.78 is 7.50. The Hall–Kier alpha value is -2.99. The fraction of sp³-hybridized carbons (Fsp3) is 0.105. The molecule has 0 aliphatic heterocycles. The summed E-state index contributed by atoms with van der Waals surface area (Å²) in [4.78, 5) is 7.75. The van der Waals surface area contributed by atoms with Crippen LogP contribution in [0.2, 0.25) is 0 Å². The Kier molecular flexibility index (Phi) is 3.82. The van der Waals surface area contributed by atoms with E-state index in [9.17, 15) is 0 Å². The van der Waals surface area contributed by atoms with Crippen molar-refractivity contribution < 1.29 is 4.74 Å². The molecule has 2 heterocycles. The van der Waals surface area contributed by atoms with E-state index >= 15 is 0 Å². The Morgan fingerprint density at radius 2 is 1.76 bits per heavy atom. The number of nitrogens with zero attached hydrogens (tertiary/aromatic N) is 3. The minimum Gasteiger partial charge on any atom is -0.497 e. The van der Waals surface area contributed by atoms with Crippen LogP contribution in [-0.4, -0.2) is 26.9 Å². The van der Waals surface area contributed by atoms with E-state index in [-0.39, 0.29) is 0 Å². The fourth-order valence-electron chi connectivity index (χ4n) is 2.93. The predicted octanol–water partition coefficient (Wildman–Crippen LogP) is 4.46.